The van der Waals surface area contributed by atoms with Crippen LogP contribution in [0.4, 0.5) is 0 Å². The number of carboxylic acids is 2. The number of phenols is 6. The Hall–Kier alpha value is -5.60. The fourth-order valence-corrected chi connectivity index (χ4v) is 5.35. The molecule has 0 fully saturated rings. The lowest BCUT2D eigenvalue weighted by atomic mass is 9.88. The number of ether oxygens (including phenoxy) is 2. The topological polar surface area (TPSA) is 255 Å². The molecule has 3 aromatic rings. The molecule has 0 unspecified atom stereocenters. The van der Waals surface area contributed by atoms with Crippen molar-refractivity contribution in [2.45, 2.75) is 37.3 Å². The number of aliphatic hydroxyl groups is 2. The molecule has 0 saturated heterocycles. The molecule has 44 heavy (non-hydrogen) atoms. The van der Waals surface area contributed by atoms with Crippen molar-refractivity contribution >= 4 is 11.9 Å². The van der Waals surface area contributed by atoms with Crippen LogP contribution < -0.4 is 9.47 Å². The average Bonchev–Trinajstić information content (AvgIpc) is 2.93. The van der Waals surface area contributed by atoms with E-state index in [4.69, 9.17) is 14.6 Å². The molecule has 0 aromatic heterocycles. The largest absolute Gasteiger partial charge is 0.508 e. The van der Waals surface area contributed by atoms with Gasteiger partial charge in [0.15, 0.2) is 17.6 Å². The Bertz CT molecular complexity index is 1740. The fraction of sp³-hybridized carbons (Fsp3) is 0.200. The normalized spacial score (nSPS) is 21.2. The van der Waals surface area contributed by atoms with E-state index in [2.05, 4.69) is 0 Å². The van der Waals surface area contributed by atoms with Gasteiger partial charge in [-0.25, -0.2) is 9.59 Å². The zero-order chi connectivity index (χ0) is 32.0. The van der Waals surface area contributed by atoms with Crippen LogP contribution in [-0.4, -0.2) is 81.3 Å². The van der Waals surface area contributed by atoms with Crippen molar-refractivity contribution in [1.82, 2.24) is 0 Å². The first-order valence-electron chi connectivity index (χ1n) is 13.0. The summed E-state index contributed by atoms with van der Waals surface area (Å²) in [5, 5.41) is 103. The first-order chi connectivity index (χ1) is 20.7. The Morgan fingerprint density at radius 3 is 2.09 bits per heavy atom. The molecule has 3 aromatic carbocycles. The molecule has 0 amide bonds. The van der Waals surface area contributed by atoms with Gasteiger partial charge in [0.1, 0.15) is 40.6 Å². The summed E-state index contributed by atoms with van der Waals surface area (Å²) in [6.07, 6.45) is -3.87. The number of aliphatic carboxylic acids is 2. The lowest BCUT2D eigenvalue weighted by Gasteiger charge is -2.34. The minimum Gasteiger partial charge on any atom is -0.508 e. The van der Waals surface area contributed by atoms with Crippen LogP contribution in [0.1, 0.15) is 22.8 Å². The van der Waals surface area contributed by atoms with E-state index in [0.29, 0.717) is 12.2 Å². The Morgan fingerprint density at radius 2 is 1.41 bits per heavy atom. The molecule has 2 heterocycles. The maximum Gasteiger partial charge on any atom is 0.328 e. The zero-order valence-electron chi connectivity index (χ0n) is 22.4. The molecule has 230 valence electrons. The summed E-state index contributed by atoms with van der Waals surface area (Å²) in [7, 11) is 0. The second kappa shape index (κ2) is 11.2. The Morgan fingerprint density at radius 1 is 0.727 bits per heavy atom. The monoisotopic (exact) mass is 610 g/mol. The molecule has 0 bridgehead atoms. The van der Waals surface area contributed by atoms with Crippen molar-refractivity contribution in [3.8, 4) is 57.1 Å². The van der Waals surface area contributed by atoms with Gasteiger partial charge in [-0.2, -0.15) is 0 Å². The van der Waals surface area contributed by atoms with Gasteiger partial charge in [0, 0.05) is 65.5 Å². The van der Waals surface area contributed by atoms with Crippen molar-refractivity contribution in [3.63, 3.8) is 0 Å². The van der Waals surface area contributed by atoms with Gasteiger partial charge in [0.2, 0.25) is 0 Å². The number of aliphatic hydroxyl groups excluding tert-OH is 2. The number of benzene rings is 3. The molecule has 0 saturated carbocycles. The summed E-state index contributed by atoms with van der Waals surface area (Å²) < 4.78 is 11.7. The van der Waals surface area contributed by atoms with Gasteiger partial charge < -0.3 is 60.5 Å². The third kappa shape index (κ3) is 5.46. The van der Waals surface area contributed by atoms with Crippen LogP contribution in [0.5, 0.6) is 46.0 Å². The van der Waals surface area contributed by atoms with Crippen LogP contribution in [0.3, 0.4) is 0 Å². The highest BCUT2D eigenvalue weighted by Gasteiger charge is 2.38. The summed E-state index contributed by atoms with van der Waals surface area (Å²) in [6.45, 7) is 0. The zero-order valence-corrected chi connectivity index (χ0v) is 22.4. The smallest absolute Gasteiger partial charge is 0.328 e. The molecule has 4 atom stereocenters. The lowest BCUT2D eigenvalue weighted by Crippen LogP contribution is -2.39. The first-order valence-corrected chi connectivity index (χ1v) is 13.0. The molecular formula is C30H26O14. The molecule has 2 aliphatic heterocycles. The molecule has 14 heteroatoms. The van der Waals surface area contributed by atoms with Crippen LogP contribution in [-0.2, 0) is 22.4 Å². The number of phenolic OH excluding ortho intramolecular Hbond substituents is 6. The van der Waals surface area contributed by atoms with Crippen LogP contribution in [0.2, 0.25) is 0 Å². The van der Waals surface area contributed by atoms with Gasteiger partial charge in [-0.15, -0.1) is 0 Å². The van der Waals surface area contributed by atoms with E-state index in [-0.39, 0.29) is 69.2 Å². The predicted octanol–water partition coefficient (Wildman–Crippen LogP) is 1.94. The van der Waals surface area contributed by atoms with Crippen molar-refractivity contribution in [1.29, 1.82) is 0 Å². The number of carboxylic acid groups (broad SMARTS) is 2. The second-order valence-corrected chi connectivity index (χ2v) is 10.2. The SMILES string of the molecule is O=C(O)C=C/C(=C\C(=O)O)[C@H]1Oc2c(c(O)cc(O)c2-c2cc([C@H]3Oc4cc(O)cc(O)c4C[C@@H]3O)cc(O)c2O)C[C@@H]1O. The Labute approximate surface area is 247 Å². The van der Waals surface area contributed by atoms with Crippen LogP contribution >= 0.6 is 0 Å². The number of fused-ring (bicyclic) bond motifs is 2. The summed E-state index contributed by atoms with van der Waals surface area (Å²) in [4.78, 5) is 22.6. The van der Waals surface area contributed by atoms with Crippen LogP contribution in [0, 0.1) is 0 Å². The van der Waals surface area contributed by atoms with Crippen molar-refractivity contribution < 1.29 is 70.1 Å². The highest BCUT2D eigenvalue weighted by atomic mass is 16.5. The number of aromatic hydroxyl groups is 6. The van der Waals surface area contributed by atoms with Gasteiger partial charge in [0.25, 0.3) is 0 Å². The van der Waals surface area contributed by atoms with Gasteiger partial charge in [-0.1, -0.05) is 0 Å². The van der Waals surface area contributed by atoms with E-state index < -0.39 is 59.4 Å². The fourth-order valence-electron chi connectivity index (χ4n) is 5.35. The number of hydrogen-bond donors (Lipinski definition) is 10. The van der Waals surface area contributed by atoms with E-state index in [1.165, 1.54) is 12.1 Å². The first kappa shape index (κ1) is 29.9. The summed E-state index contributed by atoms with van der Waals surface area (Å²) in [5.41, 5.74) is -0.634. The van der Waals surface area contributed by atoms with Gasteiger partial charge in [-0.05, 0) is 23.8 Å². The van der Waals surface area contributed by atoms with Crippen molar-refractivity contribution in [2.24, 2.45) is 0 Å². The molecule has 0 spiro atoms. The van der Waals surface area contributed by atoms with E-state index in [1.54, 1.807) is 0 Å². The van der Waals surface area contributed by atoms with E-state index in [0.717, 1.165) is 24.3 Å². The molecule has 14 nitrogen and oxygen atoms in total. The summed E-state index contributed by atoms with van der Waals surface area (Å²) >= 11 is 0. The maximum atomic E-state index is 11.5. The molecule has 0 radical (unpaired) electrons. The lowest BCUT2D eigenvalue weighted by molar-refractivity contribution is -0.132. The molecule has 2 aliphatic rings. The highest BCUT2D eigenvalue weighted by Crippen LogP contribution is 2.53. The van der Waals surface area contributed by atoms with Gasteiger partial charge in [-0.3, -0.25) is 0 Å². The van der Waals surface area contributed by atoms with Crippen molar-refractivity contribution in [3.05, 3.63) is 70.8 Å². The quantitative estimate of drug-likeness (QED) is 0.109. The minimum atomic E-state index is -1.52. The van der Waals surface area contributed by atoms with Gasteiger partial charge >= 0.3 is 11.9 Å². The third-order valence-corrected chi connectivity index (χ3v) is 7.28. The molecule has 5 rings (SSSR count). The van der Waals surface area contributed by atoms with E-state index >= 15 is 0 Å². The Balaban J connectivity index is 1.64. The van der Waals surface area contributed by atoms with Crippen LogP contribution in [0.25, 0.3) is 11.1 Å². The maximum absolute atomic E-state index is 11.5. The highest BCUT2D eigenvalue weighted by molar-refractivity contribution is 5.87. The molecular weight excluding hydrogens is 584 g/mol. The summed E-state index contributed by atoms with van der Waals surface area (Å²) in [6, 6.07) is 5.53. The Kier molecular flexibility index (Phi) is 7.63. The third-order valence-electron chi connectivity index (χ3n) is 7.28. The standard InChI is InChI=1S/C30H26O14/c31-13-6-17(32)14-8-21(36)29(43-23(14)7-13)12-3-16(27(42)20(35)4-12)26-19(34)10-18(33)15-9-22(37)28(44-30(15)26)11(5-25(40)41)1-2-24(38)39/h1-7,10,21-22,28-29,31-37,42H,8-9H2,(H,38,39)(H,40,41)/b2-1?,11-5+/t21-,22-,28+,29+/m0/s1. The van der Waals surface area contributed by atoms with Crippen LogP contribution in [0.15, 0.2) is 54.1 Å². The van der Waals surface area contributed by atoms with Crippen molar-refractivity contribution in [2.75, 3.05) is 0 Å². The number of carbonyl (C=O) groups is 2. The van der Waals surface area contributed by atoms with Gasteiger partial charge in [0.05, 0.1) is 17.8 Å². The summed E-state index contributed by atoms with van der Waals surface area (Å²) in [5.74, 6) is -6.48. The second-order valence-electron chi connectivity index (χ2n) is 10.2. The average molecular weight is 611 g/mol. The molecule has 10 N–H and O–H groups in total. The minimum absolute atomic E-state index is 0.0455. The van der Waals surface area contributed by atoms with E-state index in [1.807, 2.05) is 0 Å². The van der Waals surface area contributed by atoms with E-state index in [9.17, 15) is 55.5 Å². The predicted molar refractivity (Wildman–Crippen MR) is 148 cm³/mol. The molecule has 0 aliphatic carbocycles. The number of rotatable bonds is 6. The number of hydrogen-bond acceptors (Lipinski definition) is 12.